The van der Waals surface area contributed by atoms with E-state index in [0.717, 1.165) is 46.1 Å². The topological polar surface area (TPSA) is 17.3 Å². The van der Waals surface area contributed by atoms with Crippen molar-refractivity contribution in [2.24, 2.45) is 22.7 Å². The van der Waals surface area contributed by atoms with Crippen LogP contribution < -0.4 is 0 Å². The Morgan fingerprint density at radius 2 is 1.47 bits per heavy atom. The molecule has 164 valence electrons. The summed E-state index contributed by atoms with van der Waals surface area (Å²) in [4.78, 5) is 4.79. The number of aliphatic imine (C=N–C) groups is 1. The van der Waals surface area contributed by atoms with Gasteiger partial charge in [-0.2, -0.15) is 0 Å². The van der Waals surface area contributed by atoms with Gasteiger partial charge in [-0.15, -0.1) is 0 Å². The number of aryl methyl sites for hydroxylation is 1. The summed E-state index contributed by atoms with van der Waals surface area (Å²) in [6.07, 6.45) is 10.6. The first kappa shape index (κ1) is 20.0. The normalized spacial score (nSPS) is 28.7. The molecule has 0 aliphatic heterocycles. The van der Waals surface area contributed by atoms with Crippen molar-refractivity contribution in [1.82, 2.24) is 4.57 Å². The van der Waals surface area contributed by atoms with E-state index in [2.05, 4.69) is 48.7 Å². The third-order valence-corrected chi connectivity index (χ3v) is 8.43. The maximum Gasteiger partial charge on any atom is 0.123 e. The molecule has 7 rings (SSSR count). The van der Waals surface area contributed by atoms with Gasteiger partial charge >= 0.3 is 0 Å². The second-order valence-corrected chi connectivity index (χ2v) is 10.6. The molecule has 2 aromatic carbocycles. The number of nitrogens with zero attached hydrogens (tertiary/aromatic N) is 2. The van der Waals surface area contributed by atoms with Crippen molar-refractivity contribution in [3.05, 3.63) is 82.9 Å². The molecule has 3 aromatic rings. The fraction of sp³-hybridized carbons (Fsp3) is 0.414. The lowest BCUT2D eigenvalue weighted by Crippen LogP contribution is -2.48. The van der Waals surface area contributed by atoms with Gasteiger partial charge in [-0.25, -0.2) is 4.39 Å². The van der Waals surface area contributed by atoms with Crippen LogP contribution >= 0.6 is 0 Å². The molecule has 0 radical (unpaired) electrons. The molecule has 4 fully saturated rings. The van der Waals surface area contributed by atoms with Gasteiger partial charge in [0.1, 0.15) is 5.82 Å². The Morgan fingerprint density at radius 1 is 0.875 bits per heavy atom. The highest BCUT2D eigenvalue weighted by Gasteiger charge is 2.51. The van der Waals surface area contributed by atoms with Crippen molar-refractivity contribution in [2.45, 2.75) is 57.8 Å². The lowest BCUT2D eigenvalue weighted by atomic mass is 9.48. The first-order valence-corrected chi connectivity index (χ1v) is 12.1. The lowest BCUT2D eigenvalue weighted by molar-refractivity contribution is -0.00518. The molecule has 0 unspecified atom stereocenters. The first-order chi connectivity index (χ1) is 15.5. The number of halogens is 1. The summed E-state index contributed by atoms with van der Waals surface area (Å²) in [5.74, 6) is 2.69. The van der Waals surface area contributed by atoms with Crippen molar-refractivity contribution in [1.29, 1.82) is 0 Å². The van der Waals surface area contributed by atoms with Gasteiger partial charge in [-0.1, -0.05) is 12.1 Å². The summed E-state index contributed by atoms with van der Waals surface area (Å²) in [5.41, 5.74) is 7.29. The maximum absolute atomic E-state index is 13.3. The highest BCUT2D eigenvalue weighted by molar-refractivity contribution is 5.84. The van der Waals surface area contributed by atoms with Crippen LogP contribution in [0.2, 0.25) is 0 Å². The Morgan fingerprint density at radius 3 is 2.06 bits per heavy atom. The molecule has 0 N–H and O–H groups in total. The molecule has 1 heterocycles. The Kier molecular flexibility index (Phi) is 4.64. The van der Waals surface area contributed by atoms with Gasteiger partial charge in [0, 0.05) is 28.9 Å². The molecule has 4 aliphatic carbocycles. The molecule has 0 spiro atoms. The molecule has 2 nitrogen and oxygen atoms in total. The van der Waals surface area contributed by atoms with E-state index >= 15 is 0 Å². The molecule has 3 heteroatoms. The molecular weight excluding hydrogens is 395 g/mol. The van der Waals surface area contributed by atoms with Crippen LogP contribution in [-0.2, 0) is 5.41 Å². The number of aromatic nitrogens is 1. The number of benzene rings is 2. The highest BCUT2D eigenvalue weighted by atomic mass is 19.1. The SMILES string of the molecule is Cc1cc(C=Nc2ccc(C34CC5CC(CC(C5)C3)C4)cc2)c(C)n1-c1ccc(F)cc1. The van der Waals surface area contributed by atoms with E-state index in [1.807, 2.05) is 18.3 Å². The quantitative estimate of drug-likeness (QED) is 0.386. The second kappa shape index (κ2) is 7.43. The smallest absolute Gasteiger partial charge is 0.123 e. The molecular formula is C29H31FN2. The minimum absolute atomic E-state index is 0.213. The molecule has 4 bridgehead atoms. The van der Waals surface area contributed by atoms with Gasteiger partial charge in [0.2, 0.25) is 0 Å². The molecule has 1 aromatic heterocycles. The molecule has 32 heavy (non-hydrogen) atoms. The van der Waals surface area contributed by atoms with E-state index in [-0.39, 0.29) is 5.82 Å². The summed E-state index contributed by atoms with van der Waals surface area (Å²) < 4.78 is 15.5. The predicted octanol–water partition coefficient (Wildman–Crippen LogP) is 7.45. The largest absolute Gasteiger partial charge is 0.318 e. The number of hydrogen-bond donors (Lipinski definition) is 0. The summed E-state index contributed by atoms with van der Waals surface area (Å²) >= 11 is 0. The van der Waals surface area contributed by atoms with Crippen LogP contribution in [-0.4, -0.2) is 10.8 Å². The Hall–Kier alpha value is -2.68. The third-order valence-electron chi connectivity index (χ3n) is 8.43. The zero-order valence-corrected chi connectivity index (χ0v) is 19.0. The monoisotopic (exact) mass is 426 g/mol. The van der Waals surface area contributed by atoms with Crippen LogP contribution in [0.1, 0.15) is 61.0 Å². The van der Waals surface area contributed by atoms with E-state index < -0.39 is 0 Å². The summed E-state index contributed by atoms with van der Waals surface area (Å²) in [7, 11) is 0. The fourth-order valence-corrected chi connectivity index (χ4v) is 7.42. The zero-order valence-electron chi connectivity index (χ0n) is 19.0. The predicted molar refractivity (Wildman–Crippen MR) is 129 cm³/mol. The van der Waals surface area contributed by atoms with Crippen LogP contribution in [0.4, 0.5) is 10.1 Å². The molecule has 0 atom stereocenters. The summed E-state index contributed by atoms with van der Waals surface area (Å²) in [5, 5.41) is 0. The van der Waals surface area contributed by atoms with Gasteiger partial charge in [-0.3, -0.25) is 4.99 Å². The minimum Gasteiger partial charge on any atom is -0.318 e. The van der Waals surface area contributed by atoms with Crippen LogP contribution in [0.25, 0.3) is 5.69 Å². The van der Waals surface area contributed by atoms with Crippen LogP contribution in [0.5, 0.6) is 0 Å². The standard InChI is InChI=1S/C29H31FN2/c1-19-11-24(20(2)32(19)28-9-5-26(30)6-10-28)18-31-27-7-3-25(4-8-27)29-15-21-12-22(16-29)14-23(13-21)17-29/h3-11,18,21-23H,12-17H2,1-2H3. The molecule has 4 saturated carbocycles. The van der Waals surface area contributed by atoms with Crippen molar-refractivity contribution in [3.8, 4) is 5.69 Å². The molecule has 0 saturated heterocycles. The van der Waals surface area contributed by atoms with Crippen molar-refractivity contribution in [2.75, 3.05) is 0 Å². The molecule has 4 aliphatic rings. The number of hydrogen-bond acceptors (Lipinski definition) is 1. The highest BCUT2D eigenvalue weighted by Crippen LogP contribution is 2.60. The van der Waals surface area contributed by atoms with E-state index in [0.29, 0.717) is 5.41 Å². The van der Waals surface area contributed by atoms with E-state index in [1.54, 1.807) is 5.56 Å². The average molecular weight is 427 g/mol. The summed E-state index contributed by atoms with van der Waals surface area (Å²) in [6.45, 7) is 4.17. The lowest BCUT2D eigenvalue weighted by Gasteiger charge is -2.57. The van der Waals surface area contributed by atoms with E-state index in [9.17, 15) is 4.39 Å². The minimum atomic E-state index is -0.213. The maximum atomic E-state index is 13.3. The van der Waals surface area contributed by atoms with Crippen LogP contribution in [0.15, 0.2) is 59.6 Å². The third kappa shape index (κ3) is 3.34. The van der Waals surface area contributed by atoms with Crippen molar-refractivity contribution in [3.63, 3.8) is 0 Å². The van der Waals surface area contributed by atoms with Crippen molar-refractivity contribution < 1.29 is 4.39 Å². The van der Waals surface area contributed by atoms with Gasteiger partial charge in [0.15, 0.2) is 0 Å². The molecule has 0 amide bonds. The van der Waals surface area contributed by atoms with Gasteiger partial charge in [0.25, 0.3) is 0 Å². The fourth-order valence-electron chi connectivity index (χ4n) is 7.42. The Labute approximate surface area is 190 Å². The Balaban J connectivity index is 1.23. The second-order valence-electron chi connectivity index (χ2n) is 10.6. The van der Waals surface area contributed by atoms with Crippen molar-refractivity contribution >= 4 is 11.9 Å². The first-order valence-electron chi connectivity index (χ1n) is 12.1. The van der Waals surface area contributed by atoms with Gasteiger partial charge < -0.3 is 4.57 Å². The van der Waals surface area contributed by atoms with Gasteiger partial charge in [0.05, 0.1) is 5.69 Å². The Bertz CT molecular complexity index is 1130. The average Bonchev–Trinajstić information content (AvgIpc) is 3.05. The van der Waals surface area contributed by atoms with Gasteiger partial charge in [-0.05, 0) is 124 Å². The van der Waals surface area contributed by atoms with Crippen LogP contribution in [0.3, 0.4) is 0 Å². The zero-order chi connectivity index (χ0) is 21.9. The van der Waals surface area contributed by atoms with E-state index in [4.69, 9.17) is 4.99 Å². The number of rotatable bonds is 4. The van der Waals surface area contributed by atoms with Crippen LogP contribution in [0, 0.1) is 37.4 Å². The summed E-state index contributed by atoms with van der Waals surface area (Å²) in [6, 6.07) is 17.9. The van der Waals surface area contributed by atoms with E-state index in [1.165, 1.54) is 50.7 Å².